The molecule has 0 atom stereocenters. The third-order valence-corrected chi connectivity index (χ3v) is 5.05. The third kappa shape index (κ3) is 3.94. The van der Waals surface area contributed by atoms with Crippen molar-refractivity contribution in [2.24, 2.45) is 0 Å². The number of benzene rings is 2. The largest absolute Gasteiger partial charge is 0.298 e. The van der Waals surface area contributed by atoms with E-state index in [0.29, 0.717) is 12.3 Å². The molecule has 0 N–H and O–H groups in total. The van der Waals surface area contributed by atoms with Gasteiger partial charge in [-0.05, 0) is 25.5 Å². The Balaban J connectivity index is 1.82. The van der Waals surface area contributed by atoms with Crippen molar-refractivity contribution in [2.45, 2.75) is 25.5 Å². The predicted octanol–water partition coefficient (Wildman–Crippen LogP) is 4.72. The average Bonchev–Trinajstić information content (AvgIpc) is 3.05. The normalized spacial score (nSPS) is 10.7. The number of rotatable bonds is 7. The second-order valence-electron chi connectivity index (χ2n) is 6.10. The van der Waals surface area contributed by atoms with Gasteiger partial charge in [-0.1, -0.05) is 65.9 Å². The number of carbonyl (C=O) groups is 1. The number of aromatic nitrogens is 3. The van der Waals surface area contributed by atoms with E-state index in [1.165, 1.54) is 11.8 Å². The summed E-state index contributed by atoms with van der Waals surface area (Å²) in [5.74, 6) is 1.21. The number of allylic oxidation sites excluding steroid dienone is 1. The van der Waals surface area contributed by atoms with Gasteiger partial charge in [-0.15, -0.1) is 16.8 Å². The maximum absolute atomic E-state index is 12.6. The van der Waals surface area contributed by atoms with E-state index >= 15 is 0 Å². The molecule has 0 aliphatic heterocycles. The van der Waals surface area contributed by atoms with Crippen LogP contribution in [-0.4, -0.2) is 26.3 Å². The molecule has 0 spiro atoms. The summed E-state index contributed by atoms with van der Waals surface area (Å²) in [6.07, 6.45) is 1.81. The zero-order valence-electron chi connectivity index (χ0n) is 15.0. The Hall–Kier alpha value is -2.66. The van der Waals surface area contributed by atoms with Crippen LogP contribution >= 0.6 is 11.8 Å². The molecule has 1 heterocycles. The van der Waals surface area contributed by atoms with Crippen molar-refractivity contribution in [1.82, 2.24) is 14.8 Å². The van der Waals surface area contributed by atoms with Crippen LogP contribution in [0.15, 0.2) is 66.3 Å². The van der Waals surface area contributed by atoms with Crippen molar-refractivity contribution >= 4 is 17.5 Å². The zero-order valence-corrected chi connectivity index (χ0v) is 15.8. The Morgan fingerprint density at radius 3 is 2.65 bits per heavy atom. The summed E-state index contributed by atoms with van der Waals surface area (Å²) in [5, 5.41) is 9.34. The molecule has 0 bridgehead atoms. The topological polar surface area (TPSA) is 47.8 Å². The highest BCUT2D eigenvalue weighted by Gasteiger charge is 2.16. The minimum Gasteiger partial charge on any atom is -0.298 e. The molecule has 0 aliphatic carbocycles. The molecular formula is C21H21N3OS. The van der Waals surface area contributed by atoms with Crippen LogP contribution in [0, 0.1) is 13.8 Å². The molecule has 0 aliphatic rings. The smallest absolute Gasteiger partial charge is 0.192 e. The molecule has 132 valence electrons. The van der Waals surface area contributed by atoms with E-state index in [1.807, 2.05) is 73.0 Å². The molecule has 0 saturated carbocycles. The van der Waals surface area contributed by atoms with Gasteiger partial charge in [-0.3, -0.25) is 9.36 Å². The van der Waals surface area contributed by atoms with Crippen LogP contribution in [0.25, 0.3) is 11.4 Å². The van der Waals surface area contributed by atoms with Crippen LogP contribution in [0.1, 0.15) is 21.5 Å². The lowest BCUT2D eigenvalue weighted by Crippen LogP contribution is -2.07. The Kier molecular flexibility index (Phi) is 5.68. The van der Waals surface area contributed by atoms with E-state index in [9.17, 15) is 4.79 Å². The van der Waals surface area contributed by atoms with Gasteiger partial charge in [0, 0.05) is 17.7 Å². The summed E-state index contributed by atoms with van der Waals surface area (Å²) in [6, 6.07) is 15.9. The van der Waals surface area contributed by atoms with Crippen molar-refractivity contribution in [2.75, 3.05) is 5.75 Å². The minimum atomic E-state index is 0.102. The maximum atomic E-state index is 12.6. The number of carbonyl (C=O) groups excluding carboxylic acids is 1. The molecule has 0 amide bonds. The SMILES string of the molecule is C=CCn1c(SCC(=O)c2cc(C)ccc2C)nnc1-c1ccccc1. The first kappa shape index (κ1) is 18.1. The van der Waals surface area contributed by atoms with E-state index in [4.69, 9.17) is 0 Å². The van der Waals surface area contributed by atoms with Crippen LogP contribution in [0.2, 0.25) is 0 Å². The highest BCUT2D eigenvalue weighted by Crippen LogP contribution is 2.25. The van der Waals surface area contributed by atoms with Gasteiger partial charge in [0.05, 0.1) is 5.75 Å². The van der Waals surface area contributed by atoms with Crippen LogP contribution in [-0.2, 0) is 6.54 Å². The van der Waals surface area contributed by atoms with Gasteiger partial charge in [0.2, 0.25) is 0 Å². The summed E-state index contributed by atoms with van der Waals surface area (Å²) in [6.45, 7) is 8.38. The fraction of sp³-hybridized carbons (Fsp3) is 0.190. The standard InChI is InChI=1S/C21H21N3OS/c1-4-12-24-20(17-8-6-5-7-9-17)22-23-21(24)26-14-19(25)18-13-15(2)10-11-16(18)3/h4-11,13H,1,12,14H2,2-3H3. The van der Waals surface area contributed by atoms with Gasteiger partial charge in [0.25, 0.3) is 0 Å². The summed E-state index contributed by atoms with van der Waals surface area (Å²) in [5.41, 5.74) is 3.86. The van der Waals surface area contributed by atoms with Gasteiger partial charge < -0.3 is 0 Å². The Bertz CT molecular complexity index is 932. The first-order chi connectivity index (χ1) is 12.6. The van der Waals surface area contributed by atoms with Crippen LogP contribution in [0.3, 0.4) is 0 Å². The number of hydrogen-bond acceptors (Lipinski definition) is 4. The first-order valence-corrected chi connectivity index (χ1v) is 9.41. The van der Waals surface area contributed by atoms with Gasteiger partial charge in [0.15, 0.2) is 16.8 Å². The molecular weight excluding hydrogens is 342 g/mol. The lowest BCUT2D eigenvalue weighted by atomic mass is 10.0. The molecule has 1 aromatic heterocycles. The van der Waals surface area contributed by atoms with Crippen molar-refractivity contribution < 1.29 is 4.79 Å². The van der Waals surface area contributed by atoms with Crippen molar-refractivity contribution in [3.8, 4) is 11.4 Å². The molecule has 26 heavy (non-hydrogen) atoms. The molecule has 5 heteroatoms. The summed E-state index contributed by atoms with van der Waals surface area (Å²) >= 11 is 1.41. The number of ketones is 1. The second-order valence-corrected chi connectivity index (χ2v) is 7.04. The summed E-state index contributed by atoms with van der Waals surface area (Å²) in [4.78, 5) is 12.6. The number of Topliss-reactive ketones (excluding diaryl/α,β-unsaturated/α-hetero) is 1. The van der Waals surface area contributed by atoms with Crippen molar-refractivity contribution in [3.63, 3.8) is 0 Å². The number of thioether (sulfide) groups is 1. The molecule has 2 aromatic carbocycles. The second kappa shape index (κ2) is 8.15. The quantitative estimate of drug-likeness (QED) is 0.346. The van der Waals surface area contributed by atoms with E-state index < -0.39 is 0 Å². The lowest BCUT2D eigenvalue weighted by molar-refractivity contribution is 0.102. The third-order valence-electron chi connectivity index (χ3n) is 4.09. The first-order valence-electron chi connectivity index (χ1n) is 8.43. The molecule has 4 nitrogen and oxygen atoms in total. The van der Waals surface area contributed by atoms with Gasteiger partial charge >= 0.3 is 0 Å². The van der Waals surface area contributed by atoms with E-state index in [1.54, 1.807) is 0 Å². The molecule has 0 radical (unpaired) electrons. The Morgan fingerprint density at radius 1 is 1.15 bits per heavy atom. The van der Waals surface area contributed by atoms with E-state index in [2.05, 4.69) is 16.8 Å². The monoisotopic (exact) mass is 363 g/mol. The highest BCUT2D eigenvalue weighted by atomic mass is 32.2. The lowest BCUT2D eigenvalue weighted by Gasteiger charge is -2.08. The molecule has 3 aromatic rings. The Morgan fingerprint density at radius 2 is 1.92 bits per heavy atom. The Labute approximate surface area is 158 Å². The maximum Gasteiger partial charge on any atom is 0.192 e. The molecule has 0 saturated heterocycles. The molecule has 0 unspecified atom stereocenters. The fourth-order valence-corrected chi connectivity index (χ4v) is 3.57. The van der Waals surface area contributed by atoms with Crippen LogP contribution in [0.4, 0.5) is 0 Å². The molecule has 0 fully saturated rings. The van der Waals surface area contributed by atoms with Gasteiger partial charge in [-0.25, -0.2) is 0 Å². The van der Waals surface area contributed by atoms with Crippen LogP contribution < -0.4 is 0 Å². The van der Waals surface area contributed by atoms with Crippen molar-refractivity contribution in [3.05, 3.63) is 77.9 Å². The minimum absolute atomic E-state index is 0.102. The number of aryl methyl sites for hydroxylation is 2. The zero-order chi connectivity index (χ0) is 18.5. The van der Waals surface area contributed by atoms with Gasteiger partial charge in [0.1, 0.15) is 0 Å². The highest BCUT2D eigenvalue weighted by molar-refractivity contribution is 7.99. The predicted molar refractivity (Wildman–Crippen MR) is 107 cm³/mol. The number of nitrogens with zero attached hydrogens (tertiary/aromatic N) is 3. The summed E-state index contributed by atoms with van der Waals surface area (Å²) < 4.78 is 1.99. The average molecular weight is 363 g/mol. The van der Waals surface area contributed by atoms with Crippen LogP contribution in [0.5, 0.6) is 0 Å². The fourth-order valence-electron chi connectivity index (χ4n) is 2.73. The molecule has 3 rings (SSSR count). The van der Waals surface area contributed by atoms with E-state index in [0.717, 1.165) is 33.2 Å². The summed E-state index contributed by atoms with van der Waals surface area (Å²) in [7, 11) is 0. The van der Waals surface area contributed by atoms with Crippen molar-refractivity contribution in [1.29, 1.82) is 0 Å². The van der Waals surface area contributed by atoms with E-state index in [-0.39, 0.29) is 5.78 Å². The van der Waals surface area contributed by atoms with Gasteiger partial charge in [-0.2, -0.15) is 0 Å². The number of hydrogen-bond donors (Lipinski definition) is 0.